The molecule has 29 heavy (non-hydrogen) atoms. The summed E-state index contributed by atoms with van der Waals surface area (Å²) in [5.74, 6) is -0.289. The first kappa shape index (κ1) is 23.2. The molecule has 0 saturated carbocycles. The van der Waals surface area contributed by atoms with Gasteiger partial charge >= 0.3 is 5.97 Å². The number of rotatable bonds is 9. The van der Waals surface area contributed by atoms with E-state index in [1.54, 1.807) is 24.3 Å². The van der Waals surface area contributed by atoms with E-state index >= 15 is 0 Å². The molecule has 6 nitrogen and oxygen atoms in total. The van der Waals surface area contributed by atoms with Crippen molar-refractivity contribution < 1.29 is 24.5 Å². The van der Waals surface area contributed by atoms with E-state index in [4.69, 9.17) is 9.84 Å². The van der Waals surface area contributed by atoms with E-state index in [1.807, 2.05) is 6.07 Å². The number of nitrogens with one attached hydrogen (secondary N) is 1. The molecule has 1 amide bonds. The standard InChI is InChI=1S/C21H23Br2NO5/c1-3-4-5-12(2)15-10-14(6-7-18(15)25)29-21-16(22)8-13(9-17(21)23)24-19(26)11-20(27)28/h6-10,12,25H,3-5,11H2,1-2H3,(H,24,26)(H,27,28). The van der Waals surface area contributed by atoms with Gasteiger partial charge in [-0.1, -0.05) is 26.7 Å². The van der Waals surface area contributed by atoms with E-state index in [2.05, 4.69) is 51.0 Å². The number of ether oxygens (including phenoxy) is 1. The van der Waals surface area contributed by atoms with Crippen LogP contribution in [0.25, 0.3) is 0 Å². The third kappa shape index (κ3) is 6.75. The number of hydrogen-bond donors (Lipinski definition) is 3. The summed E-state index contributed by atoms with van der Waals surface area (Å²) in [5.41, 5.74) is 1.27. The average molecular weight is 529 g/mol. The molecule has 1 unspecified atom stereocenters. The topological polar surface area (TPSA) is 95.9 Å². The second-order valence-electron chi connectivity index (χ2n) is 6.75. The molecule has 0 saturated heterocycles. The zero-order valence-electron chi connectivity index (χ0n) is 16.2. The van der Waals surface area contributed by atoms with Gasteiger partial charge in [-0.05, 0) is 74.5 Å². The summed E-state index contributed by atoms with van der Waals surface area (Å²) in [6, 6.07) is 8.40. The summed E-state index contributed by atoms with van der Waals surface area (Å²) in [6.07, 6.45) is 2.54. The average Bonchev–Trinajstić information content (AvgIpc) is 2.63. The second-order valence-corrected chi connectivity index (χ2v) is 8.46. The molecule has 2 aromatic rings. The number of benzene rings is 2. The maximum atomic E-state index is 11.7. The first-order valence-electron chi connectivity index (χ1n) is 9.22. The van der Waals surface area contributed by atoms with Crippen LogP contribution in [0, 0.1) is 0 Å². The Kier molecular flexibility index (Phi) is 8.52. The molecule has 156 valence electrons. The van der Waals surface area contributed by atoms with Crippen molar-refractivity contribution in [2.45, 2.75) is 45.4 Å². The first-order chi connectivity index (χ1) is 13.7. The van der Waals surface area contributed by atoms with Crippen LogP contribution in [0.15, 0.2) is 39.3 Å². The van der Waals surface area contributed by atoms with Crippen LogP contribution >= 0.6 is 31.9 Å². The van der Waals surface area contributed by atoms with E-state index in [9.17, 15) is 14.7 Å². The predicted octanol–water partition coefficient (Wildman–Crippen LogP) is 6.42. The van der Waals surface area contributed by atoms with Crippen LogP contribution in [0.2, 0.25) is 0 Å². The fraction of sp³-hybridized carbons (Fsp3) is 0.333. The fourth-order valence-corrected chi connectivity index (χ4v) is 4.19. The van der Waals surface area contributed by atoms with Crippen LogP contribution in [-0.4, -0.2) is 22.1 Å². The minimum Gasteiger partial charge on any atom is -0.508 e. The molecule has 0 heterocycles. The zero-order chi connectivity index (χ0) is 21.6. The number of aromatic hydroxyl groups is 1. The normalized spacial score (nSPS) is 11.7. The van der Waals surface area contributed by atoms with Crippen LogP contribution in [0.3, 0.4) is 0 Å². The Morgan fingerprint density at radius 1 is 1.17 bits per heavy atom. The summed E-state index contributed by atoms with van der Waals surface area (Å²) in [5, 5.41) is 21.4. The first-order valence-corrected chi connectivity index (χ1v) is 10.8. The van der Waals surface area contributed by atoms with Crippen LogP contribution in [0.1, 0.15) is 51.0 Å². The summed E-state index contributed by atoms with van der Waals surface area (Å²) >= 11 is 6.84. The van der Waals surface area contributed by atoms with E-state index < -0.39 is 18.3 Å². The number of hydrogen-bond acceptors (Lipinski definition) is 4. The predicted molar refractivity (Wildman–Crippen MR) is 119 cm³/mol. The van der Waals surface area contributed by atoms with Gasteiger partial charge in [0.05, 0.1) is 8.95 Å². The van der Waals surface area contributed by atoms with E-state index in [0.29, 0.717) is 26.1 Å². The molecule has 0 fully saturated rings. The Labute approximate surface area is 186 Å². The molecule has 2 rings (SSSR count). The lowest BCUT2D eigenvalue weighted by Gasteiger charge is -2.16. The van der Waals surface area contributed by atoms with Gasteiger partial charge in [0, 0.05) is 11.3 Å². The highest BCUT2D eigenvalue weighted by molar-refractivity contribution is 9.11. The van der Waals surface area contributed by atoms with Gasteiger partial charge in [-0.3, -0.25) is 9.59 Å². The van der Waals surface area contributed by atoms with Crippen LogP contribution in [0.4, 0.5) is 5.69 Å². The highest BCUT2D eigenvalue weighted by atomic mass is 79.9. The van der Waals surface area contributed by atoms with Gasteiger partial charge in [-0.15, -0.1) is 0 Å². The number of phenols is 1. The zero-order valence-corrected chi connectivity index (χ0v) is 19.3. The van der Waals surface area contributed by atoms with Gasteiger partial charge in [0.25, 0.3) is 0 Å². The van der Waals surface area contributed by atoms with Gasteiger partial charge in [0.2, 0.25) is 5.91 Å². The Morgan fingerprint density at radius 2 is 1.83 bits per heavy atom. The number of carboxylic acids is 1. The number of aliphatic carboxylic acids is 1. The van der Waals surface area contributed by atoms with E-state index in [-0.39, 0.29) is 11.7 Å². The third-order valence-electron chi connectivity index (χ3n) is 4.33. The highest BCUT2D eigenvalue weighted by Crippen LogP contribution is 2.41. The van der Waals surface area contributed by atoms with Gasteiger partial charge in [-0.2, -0.15) is 0 Å². The number of unbranched alkanes of at least 4 members (excludes halogenated alkanes) is 1. The second kappa shape index (κ2) is 10.6. The highest BCUT2D eigenvalue weighted by Gasteiger charge is 2.16. The Bertz CT molecular complexity index is 878. The molecule has 0 radical (unpaired) electrons. The van der Waals surface area contributed by atoms with Gasteiger partial charge < -0.3 is 20.3 Å². The third-order valence-corrected chi connectivity index (χ3v) is 5.51. The number of phenolic OH excluding ortho intramolecular Hbond substituents is 1. The van der Waals surface area contributed by atoms with Crippen LogP contribution in [0.5, 0.6) is 17.2 Å². The summed E-state index contributed by atoms with van der Waals surface area (Å²) in [4.78, 5) is 22.3. The molecule has 2 aromatic carbocycles. The minimum atomic E-state index is -1.20. The lowest BCUT2D eigenvalue weighted by Crippen LogP contribution is -2.15. The molecule has 0 spiro atoms. The van der Waals surface area contributed by atoms with Crippen molar-refractivity contribution in [1.82, 2.24) is 0 Å². The van der Waals surface area contributed by atoms with Crippen molar-refractivity contribution in [1.29, 1.82) is 0 Å². The van der Waals surface area contributed by atoms with E-state index in [0.717, 1.165) is 24.8 Å². The maximum Gasteiger partial charge on any atom is 0.312 e. The molecule has 0 aliphatic heterocycles. The number of carboxylic acid groups (broad SMARTS) is 1. The molecule has 0 aromatic heterocycles. The molecule has 0 aliphatic rings. The fourth-order valence-electron chi connectivity index (χ4n) is 2.85. The van der Waals surface area contributed by atoms with Crippen molar-refractivity contribution >= 4 is 49.4 Å². The molecule has 0 aliphatic carbocycles. The lowest BCUT2D eigenvalue weighted by atomic mass is 9.94. The minimum absolute atomic E-state index is 0.206. The molecule has 0 bridgehead atoms. The van der Waals surface area contributed by atoms with Crippen molar-refractivity contribution in [2.75, 3.05) is 5.32 Å². The molecule has 8 heteroatoms. The SMILES string of the molecule is CCCCC(C)c1cc(Oc2c(Br)cc(NC(=O)CC(=O)O)cc2Br)ccc1O. The quantitative estimate of drug-likeness (QED) is 0.326. The Morgan fingerprint density at radius 3 is 2.41 bits per heavy atom. The smallest absolute Gasteiger partial charge is 0.312 e. The number of anilines is 1. The van der Waals surface area contributed by atoms with Crippen molar-refractivity contribution in [3.63, 3.8) is 0 Å². The molecule has 3 N–H and O–H groups in total. The summed E-state index contributed by atoms with van der Waals surface area (Å²) in [7, 11) is 0. The summed E-state index contributed by atoms with van der Waals surface area (Å²) < 4.78 is 7.15. The lowest BCUT2D eigenvalue weighted by molar-refractivity contribution is -0.139. The maximum absolute atomic E-state index is 11.7. The Balaban J connectivity index is 2.21. The Hall–Kier alpha value is -2.06. The molecule has 1 atom stereocenters. The van der Waals surface area contributed by atoms with Crippen molar-refractivity contribution in [3.05, 3.63) is 44.8 Å². The summed E-state index contributed by atoms with van der Waals surface area (Å²) in [6.45, 7) is 4.21. The van der Waals surface area contributed by atoms with Crippen molar-refractivity contribution in [2.24, 2.45) is 0 Å². The molecular weight excluding hydrogens is 506 g/mol. The van der Waals surface area contributed by atoms with Gasteiger partial charge in [-0.25, -0.2) is 0 Å². The number of halogens is 2. The number of carbonyl (C=O) groups excluding carboxylic acids is 1. The molecular formula is C21H23Br2NO5. The van der Waals surface area contributed by atoms with Crippen LogP contribution < -0.4 is 10.1 Å². The van der Waals surface area contributed by atoms with Crippen molar-refractivity contribution in [3.8, 4) is 17.2 Å². The van der Waals surface area contributed by atoms with Gasteiger partial charge in [0.15, 0.2) is 5.75 Å². The number of amides is 1. The van der Waals surface area contributed by atoms with Crippen LogP contribution in [-0.2, 0) is 9.59 Å². The number of carbonyl (C=O) groups is 2. The largest absolute Gasteiger partial charge is 0.508 e. The monoisotopic (exact) mass is 527 g/mol. The van der Waals surface area contributed by atoms with Gasteiger partial charge in [0.1, 0.15) is 17.9 Å². The van der Waals surface area contributed by atoms with E-state index in [1.165, 1.54) is 0 Å².